The molecule has 0 unspecified atom stereocenters. The van der Waals surface area contributed by atoms with Crippen LogP contribution in [0.2, 0.25) is 0 Å². The third kappa shape index (κ3) is 18.6. The summed E-state index contributed by atoms with van der Waals surface area (Å²) >= 11 is 0. The molecule has 59 valence electrons. The van der Waals surface area contributed by atoms with Gasteiger partial charge >= 0.3 is 5.97 Å². The molecule has 0 aliphatic heterocycles. The van der Waals surface area contributed by atoms with Crippen LogP contribution in [0.5, 0.6) is 0 Å². The number of carboxylic acid groups (broad SMARTS) is 2. The third-order valence-electron chi connectivity index (χ3n) is 0.296. The normalized spacial score (nSPS) is 6.22. The minimum atomic E-state index is -1.56. The van der Waals surface area contributed by atoms with Crippen LogP contribution in [0, 0.1) is 0 Å². The van der Waals surface area contributed by atoms with Crippen molar-refractivity contribution in [1.29, 1.82) is 0 Å². The number of rotatable bonds is 2. The van der Waals surface area contributed by atoms with Crippen LogP contribution in [0.3, 0.4) is 0 Å². The largest absolute Gasteiger partial charge is 0.550 e. The number of quaternary nitrogens is 1. The Hall–Kier alpha value is -0.581. The predicted molar refractivity (Wildman–Crippen MR) is 23.2 cm³/mol. The molecule has 0 heterocycles. The van der Waals surface area contributed by atoms with Crippen LogP contribution < -0.4 is 11.3 Å². The first-order chi connectivity index (χ1) is 3.13. The zero-order valence-corrected chi connectivity index (χ0v) is 5.62. The van der Waals surface area contributed by atoms with Crippen molar-refractivity contribution in [3.8, 4) is 0 Å². The second kappa shape index (κ2) is 7.42. The van der Waals surface area contributed by atoms with Crippen molar-refractivity contribution < 1.29 is 36.9 Å². The third-order valence-corrected chi connectivity index (χ3v) is 0.296. The maximum Gasteiger partial charge on any atom is 0.309 e. The standard InChI is InChI=1S/C3H4O4.Cu.H3N/c4-2(5)1-3(6)7;;/h1H2,(H,4,5)(H,6,7);;1H3. The molecule has 0 saturated heterocycles. The smallest absolute Gasteiger partial charge is 0.309 e. The van der Waals surface area contributed by atoms with Crippen molar-refractivity contribution in [3.05, 3.63) is 0 Å². The summed E-state index contributed by atoms with van der Waals surface area (Å²) in [6, 6.07) is 0. The zero-order valence-electron chi connectivity index (χ0n) is 4.68. The fourth-order valence-electron chi connectivity index (χ4n) is 0.123. The van der Waals surface area contributed by atoms with Gasteiger partial charge in [-0.15, -0.1) is 0 Å². The van der Waals surface area contributed by atoms with Gasteiger partial charge in [-0.2, -0.15) is 0 Å². The summed E-state index contributed by atoms with van der Waals surface area (Å²) in [5.74, 6) is -2.94. The van der Waals surface area contributed by atoms with Crippen LogP contribution in [-0.4, -0.2) is 17.0 Å². The molecule has 1 radical (unpaired) electrons. The predicted octanol–water partition coefficient (Wildman–Crippen LogP) is -1.42. The molecule has 0 bridgehead atoms. The average Bonchev–Trinajstić information content (AvgIpc) is 1.27. The fourth-order valence-corrected chi connectivity index (χ4v) is 0.123. The molecule has 0 atom stereocenters. The van der Waals surface area contributed by atoms with Crippen molar-refractivity contribution in [2.24, 2.45) is 0 Å². The van der Waals surface area contributed by atoms with E-state index < -0.39 is 18.4 Å². The number of carbonyl (C=O) groups excluding carboxylic acids is 1. The monoisotopic (exact) mass is 184 g/mol. The van der Waals surface area contributed by atoms with Gasteiger partial charge in [0.15, 0.2) is 0 Å². The molecular formula is C3H7CuNO4. The Balaban J connectivity index is -0.000000180. The molecule has 0 aromatic heterocycles. The van der Waals surface area contributed by atoms with Crippen molar-refractivity contribution in [1.82, 2.24) is 6.15 Å². The van der Waals surface area contributed by atoms with E-state index in [2.05, 4.69) is 0 Å². The molecule has 5 N–H and O–H groups in total. The second-order valence-corrected chi connectivity index (χ2v) is 0.943. The van der Waals surface area contributed by atoms with E-state index in [1.54, 1.807) is 0 Å². The Morgan fingerprint density at radius 1 is 1.44 bits per heavy atom. The minimum absolute atomic E-state index is 0. The molecule has 0 aromatic carbocycles. The molecule has 9 heavy (non-hydrogen) atoms. The molecule has 0 aromatic rings. The minimum Gasteiger partial charge on any atom is -0.550 e. The molecule has 0 aliphatic rings. The van der Waals surface area contributed by atoms with Gasteiger partial charge in [0, 0.05) is 17.1 Å². The molecule has 0 rings (SSSR count). The number of hydrogen-bond donors (Lipinski definition) is 2. The first-order valence-corrected chi connectivity index (χ1v) is 1.54. The molecule has 0 saturated carbocycles. The average molecular weight is 185 g/mol. The Morgan fingerprint density at radius 2 is 1.78 bits per heavy atom. The van der Waals surface area contributed by atoms with Crippen molar-refractivity contribution in [2.75, 3.05) is 0 Å². The van der Waals surface area contributed by atoms with E-state index in [0.717, 1.165) is 0 Å². The van der Waals surface area contributed by atoms with Crippen LogP contribution in [0.1, 0.15) is 6.42 Å². The molecule has 6 heteroatoms. The Kier molecular flexibility index (Phi) is 13.0. The summed E-state index contributed by atoms with van der Waals surface area (Å²) in [4.78, 5) is 18.7. The van der Waals surface area contributed by atoms with Crippen LogP contribution >= 0.6 is 0 Å². The van der Waals surface area contributed by atoms with Crippen molar-refractivity contribution in [2.45, 2.75) is 6.42 Å². The number of carbonyl (C=O) groups is 2. The number of aliphatic carboxylic acids is 2. The molecule has 0 aliphatic carbocycles. The van der Waals surface area contributed by atoms with E-state index in [4.69, 9.17) is 5.11 Å². The maximum absolute atomic E-state index is 9.39. The van der Waals surface area contributed by atoms with Crippen molar-refractivity contribution in [3.63, 3.8) is 0 Å². The van der Waals surface area contributed by atoms with Gasteiger partial charge in [-0.25, -0.2) is 0 Å². The first kappa shape index (κ1) is 15.8. The van der Waals surface area contributed by atoms with Gasteiger partial charge in [0.2, 0.25) is 0 Å². The molecule has 0 spiro atoms. The van der Waals surface area contributed by atoms with Crippen LogP contribution in [-0.2, 0) is 26.7 Å². The van der Waals surface area contributed by atoms with Gasteiger partial charge in [-0.1, -0.05) is 0 Å². The second-order valence-electron chi connectivity index (χ2n) is 0.943. The topological polar surface area (TPSA) is 114 Å². The van der Waals surface area contributed by atoms with E-state index in [-0.39, 0.29) is 23.2 Å². The molecule has 5 nitrogen and oxygen atoms in total. The van der Waals surface area contributed by atoms with Gasteiger partial charge < -0.3 is 21.2 Å². The summed E-state index contributed by atoms with van der Waals surface area (Å²) in [6.07, 6.45) is -0.917. The van der Waals surface area contributed by atoms with Gasteiger partial charge in [0.25, 0.3) is 0 Å². The Bertz CT molecular complexity index is 92.0. The summed E-state index contributed by atoms with van der Waals surface area (Å²) in [7, 11) is 0. The van der Waals surface area contributed by atoms with Crippen molar-refractivity contribution >= 4 is 11.9 Å². The van der Waals surface area contributed by atoms with Gasteiger partial charge in [-0.05, 0) is 0 Å². The quantitative estimate of drug-likeness (QED) is 0.405. The summed E-state index contributed by atoms with van der Waals surface area (Å²) in [5.41, 5.74) is 0. The van der Waals surface area contributed by atoms with Crippen LogP contribution in [0.25, 0.3) is 0 Å². The number of carboxylic acids is 2. The fraction of sp³-hybridized carbons (Fsp3) is 0.333. The first-order valence-electron chi connectivity index (χ1n) is 1.54. The Labute approximate surface area is 62.1 Å². The van der Waals surface area contributed by atoms with E-state index >= 15 is 0 Å². The van der Waals surface area contributed by atoms with E-state index in [9.17, 15) is 14.7 Å². The van der Waals surface area contributed by atoms with Crippen LogP contribution in [0.15, 0.2) is 0 Å². The van der Waals surface area contributed by atoms with Gasteiger partial charge in [0.1, 0.15) is 0 Å². The van der Waals surface area contributed by atoms with E-state index in [1.165, 1.54) is 0 Å². The van der Waals surface area contributed by atoms with Gasteiger partial charge in [0.05, 0.1) is 12.4 Å². The summed E-state index contributed by atoms with van der Waals surface area (Å²) in [6.45, 7) is 0. The molecular weight excluding hydrogens is 178 g/mol. The Morgan fingerprint density at radius 3 is 1.78 bits per heavy atom. The van der Waals surface area contributed by atoms with Crippen LogP contribution in [0.4, 0.5) is 0 Å². The zero-order chi connectivity index (χ0) is 5.86. The summed E-state index contributed by atoms with van der Waals surface area (Å²) < 4.78 is 0. The summed E-state index contributed by atoms with van der Waals surface area (Å²) in [5, 5.41) is 17.0. The SMILES string of the molecule is O=C([O-])CC(=O)O.[Cu].[NH4+]. The molecule has 0 fully saturated rings. The van der Waals surface area contributed by atoms with E-state index in [1.807, 2.05) is 0 Å². The number of hydrogen-bond acceptors (Lipinski definition) is 3. The van der Waals surface area contributed by atoms with E-state index in [0.29, 0.717) is 0 Å². The maximum atomic E-state index is 9.39. The van der Waals surface area contributed by atoms with Gasteiger partial charge in [-0.3, -0.25) is 4.79 Å². The molecule has 0 amide bonds.